The Kier molecular flexibility index (Phi) is 5.90. The van der Waals surface area contributed by atoms with Crippen molar-refractivity contribution >= 4 is 11.8 Å². The normalized spacial score (nSPS) is 45.1. The molecule has 0 radical (unpaired) electrons. The van der Waals surface area contributed by atoms with E-state index in [0.717, 1.165) is 24.7 Å². The SMILES string of the molecule is CCOC(=O)CC[C@@H](C)[C@@H]1CC[C@@H]2[C@H]3CC[C@H]4CCCC[C@]4(C)[C@@H]3CC(=O)[C@]21C. The van der Waals surface area contributed by atoms with E-state index < -0.39 is 0 Å². The Labute approximate surface area is 177 Å². The topological polar surface area (TPSA) is 43.4 Å². The molecule has 0 spiro atoms. The van der Waals surface area contributed by atoms with Crippen LogP contribution >= 0.6 is 0 Å². The van der Waals surface area contributed by atoms with Crippen LogP contribution in [-0.4, -0.2) is 18.4 Å². The van der Waals surface area contributed by atoms with Gasteiger partial charge in [0.05, 0.1) is 6.61 Å². The van der Waals surface area contributed by atoms with Crippen LogP contribution in [0.2, 0.25) is 0 Å². The molecule has 0 heterocycles. The maximum absolute atomic E-state index is 13.7. The summed E-state index contributed by atoms with van der Waals surface area (Å²) in [5.41, 5.74) is 0.249. The third kappa shape index (κ3) is 3.39. The number of hydrogen-bond acceptors (Lipinski definition) is 3. The first kappa shape index (κ1) is 21.4. The molecule has 29 heavy (non-hydrogen) atoms. The second-order valence-electron chi connectivity index (χ2n) is 11.3. The molecule has 4 rings (SSSR count). The maximum atomic E-state index is 13.7. The molecule has 0 unspecified atom stereocenters. The van der Waals surface area contributed by atoms with Crippen LogP contribution in [0.25, 0.3) is 0 Å². The standard InChI is InChI=1S/C26H42O3/c1-5-29-24(28)14-9-17(2)20-12-13-21-19-11-10-18-8-6-7-15-25(18,3)22(19)16-23(27)26(20,21)4/h17-22H,5-16H2,1-4H3/t17-,18-,19-,20+,21-,22-,25+,26+/m1/s1. The molecular formula is C26H42O3. The van der Waals surface area contributed by atoms with E-state index >= 15 is 0 Å². The zero-order chi connectivity index (χ0) is 20.8. The average Bonchev–Trinajstić information content (AvgIpc) is 3.06. The number of ketones is 1. The summed E-state index contributed by atoms with van der Waals surface area (Å²) >= 11 is 0. The highest BCUT2D eigenvalue weighted by Crippen LogP contribution is 2.67. The number of hydrogen-bond donors (Lipinski definition) is 0. The predicted molar refractivity (Wildman–Crippen MR) is 115 cm³/mol. The second kappa shape index (κ2) is 8.00. The van der Waals surface area contributed by atoms with E-state index in [9.17, 15) is 9.59 Å². The van der Waals surface area contributed by atoms with Gasteiger partial charge in [0.25, 0.3) is 0 Å². The average molecular weight is 403 g/mol. The van der Waals surface area contributed by atoms with E-state index in [1.165, 1.54) is 51.4 Å². The van der Waals surface area contributed by atoms with Gasteiger partial charge in [-0.2, -0.15) is 0 Å². The number of fused-ring (bicyclic) bond motifs is 5. The minimum atomic E-state index is -0.160. The maximum Gasteiger partial charge on any atom is 0.305 e. The molecular weight excluding hydrogens is 360 g/mol. The van der Waals surface area contributed by atoms with Gasteiger partial charge in [-0.3, -0.25) is 9.59 Å². The molecule has 0 bridgehead atoms. The van der Waals surface area contributed by atoms with E-state index in [1.54, 1.807) is 0 Å². The van der Waals surface area contributed by atoms with Crippen LogP contribution in [0.3, 0.4) is 0 Å². The summed E-state index contributed by atoms with van der Waals surface area (Å²) in [7, 11) is 0. The van der Waals surface area contributed by atoms with Gasteiger partial charge >= 0.3 is 5.97 Å². The molecule has 164 valence electrons. The van der Waals surface area contributed by atoms with Gasteiger partial charge < -0.3 is 4.74 Å². The van der Waals surface area contributed by atoms with Crippen molar-refractivity contribution in [2.45, 2.75) is 98.3 Å². The summed E-state index contributed by atoms with van der Waals surface area (Å²) in [4.78, 5) is 25.6. The quantitative estimate of drug-likeness (QED) is 0.515. The lowest BCUT2D eigenvalue weighted by Crippen LogP contribution is -2.56. The molecule has 0 saturated heterocycles. The zero-order valence-electron chi connectivity index (χ0n) is 19.2. The van der Waals surface area contributed by atoms with Crippen molar-refractivity contribution in [1.29, 1.82) is 0 Å². The Morgan fingerprint density at radius 2 is 1.90 bits per heavy atom. The fraction of sp³-hybridized carbons (Fsp3) is 0.923. The Balaban J connectivity index is 1.51. The van der Waals surface area contributed by atoms with Crippen LogP contribution < -0.4 is 0 Å². The molecule has 4 saturated carbocycles. The minimum Gasteiger partial charge on any atom is -0.466 e. The predicted octanol–water partition coefficient (Wildman–Crippen LogP) is 6.19. The molecule has 0 amide bonds. The van der Waals surface area contributed by atoms with E-state index in [-0.39, 0.29) is 11.4 Å². The molecule has 0 aromatic rings. The minimum absolute atomic E-state index is 0.0855. The highest BCUT2D eigenvalue weighted by Gasteiger charge is 2.63. The van der Waals surface area contributed by atoms with E-state index in [4.69, 9.17) is 4.74 Å². The summed E-state index contributed by atoms with van der Waals surface area (Å²) in [6.07, 6.45) is 12.8. The highest BCUT2D eigenvalue weighted by molar-refractivity contribution is 5.87. The zero-order valence-corrected chi connectivity index (χ0v) is 19.2. The van der Waals surface area contributed by atoms with Crippen molar-refractivity contribution in [2.24, 2.45) is 46.3 Å². The fourth-order valence-electron chi connectivity index (χ4n) is 8.72. The number of carbonyl (C=O) groups excluding carboxylic acids is 2. The Hall–Kier alpha value is -0.860. The van der Waals surface area contributed by atoms with Gasteiger partial charge in [0.2, 0.25) is 0 Å². The number of carbonyl (C=O) groups is 2. The molecule has 0 aromatic heterocycles. The van der Waals surface area contributed by atoms with Crippen molar-refractivity contribution in [3.05, 3.63) is 0 Å². The van der Waals surface area contributed by atoms with Crippen LogP contribution in [0.5, 0.6) is 0 Å². The fourth-order valence-corrected chi connectivity index (χ4v) is 8.72. The van der Waals surface area contributed by atoms with Crippen LogP contribution in [0.4, 0.5) is 0 Å². The van der Waals surface area contributed by atoms with E-state index in [1.807, 2.05) is 6.92 Å². The van der Waals surface area contributed by atoms with Crippen LogP contribution in [0.1, 0.15) is 98.3 Å². The number of Topliss-reactive ketones (excluding diaryl/α,β-unsaturated/α-hetero) is 1. The van der Waals surface area contributed by atoms with E-state index in [2.05, 4.69) is 20.8 Å². The lowest BCUT2D eigenvalue weighted by atomic mass is 9.44. The van der Waals surface area contributed by atoms with Gasteiger partial charge in [-0.15, -0.1) is 0 Å². The van der Waals surface area contributed by atoms with Crippen molar-refractivity contribution in [3.8, 4) is 0 Å². The molecule has 3 heteroatoms. The van der Waals surface area contributed by atoms with Gasteiger partial charge in [-0.1, -0.05) is 33.6 Å². The Morgan fingerprint density at radius 3 is 2.66 bits per heavy atom. The van der Waals surface area contributed by atoms with Crippen molar-refractivity contribution in [2.75, 3.05) is 6.61 Å². The smallest absolute Gasteiger partial charge is 0.305 e. The summed E-state index contributed by atoms with van der Waals surface area (Å²) in [6.45, 7) is 9.44. The van der Waals surface area contributed by atoms with Gasteiger partial charge in [0.15, 0.2) is 0 Å². The first-order chi connectivity index (χ1) is 13.8. The molecule has 4 fully saturated rings. The molecule has 0 N–H and O–H groups in total. The van der Waals surface area contributed by atoms with Crippen LogP contribution in [0.15, 0.2) is 0 Å². The molecule has 4 aliphatic carbocycles. The van der Waals surface area contributed by atoms with Crippen molar-refractivity contribution in [3.63, 3.8) is 0 Å². The number of ether oxygens (including phenoxy) is 1. The highest BCUT2D eigenvalue weighted by atomic mass is 16.5. The Morgan fingerprint density at radius 1 is 1.10 bits per heavy atom. The lowest BCUT2D eigenvalue weighted by molar-refractivity contribution is -0.157. The molecule has 3 nitrogen and oxygen atoms in total. The van der Waals surface area contributed by atoms with Gasteiger partial charge in [-0.05, 0) is 92.8 Å². The van der Waals surface area contributed by atoms with E-state index in [0.29, 0.717) is 47.9 Å². The van der Waals surface area contributed by atoms with Gasteiger partial charge in [0.1, 0.15) is 5.78 Å². The lowest BCUT2D eigenvalue weighted by Gasteiger charge is -2.60. The van der Waals surface area contributed by atoms with Crippen molar-refractivity contribution in [1.82, 2.24) is 0 Å². The number of rotatable bonds is 5. The summed E-state index contributed by atoms with van der Waals surface area (Å²) < 4.78 is 5.13. The van der Waals surface area contributed by atoms with Crippen LogP contribution in [-0.2, 0) is 14.3 Å². The monoisotopic (exact) mass is 402 g/mol. The number of esters is 1. The summed E-state index contributed by atoms with van der Waals surface area (Å²) in [5.74, 6) is 4.13. The first-order valence-electron chi connectivity index (χ1n) is 12.5. The first-order valence-corrected chi connectivity index (χ1v) is 12.5. The third-order valence-electron chi connectivity index (χ3n) is 10.3. The molecule has 0 aromatic carbocycles. The van der Waals surface area contributed by atoms with Crippen LogP contribution in [0, 0.1) is 46.3 Å². The van der Waals surface area contributed by atoms with Gasteiger partial charge in [0, 0.05) is 18.3 Å². The summed E-state index contributed by atoms with van der Waals surface area (Å²) in [5, 5.41) is 0. The molecule has 8 atom stereocenters. The third-order valence-corrected chi connectivity index (χ3v) is 10.3. The van der Waals surface area contributed by atoms with Gasteiger partial charge in [-0.25, -0.2) is 0 Å². The summed E-state index contributed by atoms with van der Waals surface area (Å²) in [6, 6.07) is 0. The second-order valence-corrected chi connectivity index (χ2v) is 11.3. The van der Waals surface area contributed by atoms with Crippen molar-refractivity contribution < 1.29 is 14.3 Å². The molecule has 4 aliphatic rings. The Bertz CT molecular complexity index is 642. The largest absolute Gasteiger partial charge is 0.466 e. The molecule has 0 aliphatic heterocycles.